The lowest BCUT2D eigenvalue weighted by Gasteiger charge is -2.23. The second-order valence-electron chi connectivity index (χ2n) is 9.90. The number of rotatable bonds is 8. The third-order valence-electron chi connectivity index (χ3n) is 6.07. The van der Waals surface area contributed by atoms with E-state index in [1.54, 1.807) is 21.3 Å². The summed E-state index contributed by atoms with van der Waals surface area (Å²) in [5, 5.41) is 3.11. The zero-order chi connectivity index (χ0) is 22.8. The van der Waals surface area contributed by atoms with Crippen LogP contribution in [-0.4, -0.2) is 57.7 Å². The van der Waals surface area contributed by atoms with Crippen LogP contribution in [0.4, 0.5) is 0 Å². The summed E-state index contributed by atoms with van der Waals surface area (Å²) in [6.45, 7) is 7.79. The van der Waals surface area contributed by atoms with Gasteiger partial charge in [0.15, 0.2) is 11.5 Å². The molecule has 1 aliphatic heterocycles. The first-order chi connectivity index (χ1) is 14.7. The molecule has 0 radical (unpaired) electrons. The Balaban J connectivity index is 1.89. The average Bonchev–Trinajstić information content (AvgIpc) is 3.44. The summed E-state index contributed by atoms with van der Waals surface area (Å²) in [6, 6.07) is 3.79. The van der Waals surface area contributed by atoms with Crippen LogP contribution in [0.25, 0.3) is 0 Å². The molecular formula is C24H36N2O5. The van der Waals surface area contributed by atoms with Crippen molar-refractivity contribution in [3.63, 3.8) is 0 Å². The van der Waals surface area contributed by atoms with E-state index in [-0.39, 0.29) is 29.1 Å². The second kappa shape index (κ2) is 9.37. The number of nitrogens with zero attached hydrogens (tertiary/aromatic N) is 1. The van der Waals surface area contributed by atoms with Gasteiger partial charge in [-0.2, -0.15) is 0 Å². The number of carbonyl (C=O) groups excluding carboxylic acids is 2. The van der Waals surface area contributed by atoms with Gasteiger partial charge in [-0.3, -0.25) is 9.59 Å². The number of carbonyl (C=O) groups is 2. The summed E-state index contributed by atoms with van der Waals surface area (Å²) >= 11 is 0. The number of benzene rings is 1. The standard InChI is InChI=1S/C24H36N2O5/c1-24(2,3)11-21(27)26-13-17(18(14-26)23(28)25-12-15-7-8-15)16-9-19(29-4)22(31-6)20(10-16)30-5/h9-10,15,17-18H,7-8,11-14H2,1-6H3,(H,25,28). The smallest absolute Gasteiger partial charge is 0.225 e. The van der Waals surface area contributed by atoms with Gasteiger partial charge in [0.05, 0.1) is 27.2 Å². The molecule has 1 saturated carbocycles. The van der Waals surface area contributed by atoms with Crippen molar-refractivity contribution in [2.24, 2.45) is 17.3 Å². The third kappa shape index (κ3) is 5.63. The Hall–Kier alpha value is -2.44. The van der Waals surface area contributed by atoms with Crippen LogP contribution in [-0.2, 0) is 9.59 Å². The van der Waals surface area contributed by atoms with E-state index in [0.717, 1.165) is 5.56 Å². The summed E-state index contributed by atoms with van der Waals surface area (Å²) in [4.78, 5) is 27.9. The molecule has 2 amide bonds. The first kappa shape index (κ1) is 23.2. The predicted octanol–water partition coefficient (Wildman–Crippen LogP) is 3.22. The van der Waals surface area contributed by atoms with Crippen molar-refractivity contribution in [2.45, 2.75) is 46.0 Å². The number of methoxy groups -OCH3 is 3. The van der Waals surface area contributed by atoms with Gasteiger partial charge in [0.2, 0.25) is 17.6 Å². The Morgan fingerprint density at radius 3 is 2.13 bits per heavy atom. The Morgan fingerprint density at radius 1 is 1.03 bits per heavy atom. The van der Waals surface area contributed by atoms with Crippen molar-refractivity contribution in [1.29, 1.82) is 0 Å². The van der Waals surface area contributed by atoms with Gasteiger partial charge >= 0.3 is 0 Å². The summed E-state index contributed by atoms with van der Waals surface area (Å²) < 4.78 is 16.5. The van der Waals surface area contributed by atoms with Crippen molar-refractivity contribution < 1.29 is 23.8 Å². The van der Waals surface area contributed by atoms with Crippen molar-refractivity contribution >= 4 is 11.8 Å². The van der Waals surface area contributed by atoms with E-state index < -0.39 is 0 Å². The van der Waals surface area contributed by atoms with E-state index in [1.807, 2.05) is 17.0 Å². The fourth-order valence-electron chi connectivity index (χ4n) is 4.19. The molecule has 0 spiro atoms. The summed E-state index contributed by atoms with van der Waals surface area (Å²) in [5.74, 6) is 1.86. The van der Waals surface area contributed by atoms with Gasteiger partial charge in [-0.25, -0.2) is 0 Å². The highest BCUT2D eigenvalue weighted by Crippen LogP contribution is 2.43. The van der Waals surface area contributed by atoms with Crippen LogP contribution in [0.3, 0.4) is 0 Å². The second-order valence-corrected chi connectivity index (χ2v) is 9.90. The molecule has 7 nitrogen and oxygen atoms in total. The fourth-order valence-corrected chi connectivity index (χ4v) is 4.19. The predicted molar refractivity (Wildman–Crippen MR) is 119 cm³/mol. The molecule has 172 valence electrons. The van der Waals surface area contributed by atoms with E-state index >= 15 is 0 Å². The van der Waals surface area contributed by atoms with Crippen LogP contribution in [0.2, 0.25) is 0 Å². The van der Waals surface area contributed by atoms with Gasteiger partial charge < -0.3 is 24.4 Å². The molecule has 31 heavy (non-hydrogen) atoms. The molecule has 0 bridgehead atoms. The molecule has 0 aromatic heterocycles. The van der Waals surface area contributed by atoms with Crippen LogP contribution in [0.15, 0.2) is 12.1 Å². The first-order valence-electron chi connectivity index (χ1n) is 11.0. The maximum atomic E-state index is 13.1. The Labute approximate surface area is 185 Å². The highest BCUT2D eigenvalue weighted by molar-refractivity contribution is 5.83. The molecule has 2 atom stereocenters. The number of likely N-dealkylation sites (tertiary alicyclic amines) is 1. The molecular weight excluding hydrogens is 396 g/mol. The number of nitrogens with one attached hydrogen (secondary N) is 1. The van der Waals surface area contributed by atoms with Crippen LogP contribution in [0, 0.1) is 17.3 Å². The van der Waals surface area contributed by atoms with Crippen molar-refractivity contribution in [1.82, 2.24) is 10.2 Å². The normalized spacial score (nSPS) is 21.0. The first-order valence-corrected chi connectivity index (χ1v) is 11.0. The molecule has 2 unspecified atom stereocenters. The van der Waals surface area contributed by atoms with E-state index in [2.05, 4.69) is 26.1 Å². The minimum atomic E-state index is -0.314. The quantitative estimate of drug-likeness (QED) is 0.683. The van der Waals surface area contributed by atoms with Gasteiger partial charge in [0.25, 0.3) is 0 Å². The largest absolute Gasteiger partial charge is 0.493 e. The topological polar surface area (TPSA) is 77.1 Å². The van der Waals surface area contributed by atoms with Crippen molar-refractivity contribution in [3.05, 3.63) is 17.7 Å². The highest BCUT2D eigenvalue weighted by atomic mass is 16.5. The molecule has 1 N–H and O–H groups in total. The maximum Gasteiger partial charge on any atom is 0.225 e. The van der Waals surface area contributed by atoms with Gasteiger partial charge in [-0.1, -0.05) is 20.8 Å². The van der Waals surface area contributed by atoms with Gasteiger partial charge in [0, 0.05) is 32.0 Å². The number of amides is 2. The highest BCUT2D eigenvalue weighted by Gasteiger charge is 2.41. The minimum absolute atomic E-state index is 0.0108. The number of ether oxygens (including phenoxy) is 3. The molecule has 7 heteroatoms. The molecule has 1 aromatic carbocycles. The maximum absolute atomic E-state index is 13.1. The summed E-state index contributed by atoms with van der Waals surface area (Å²) in [7, 11) is 4.72. The van der Waals surface area contributed by atoms with E-state index in [4.69, 9.17) is 14.2 Å². The molecule has 2 fully saturated rings. The molecule has 1 saturated heterocycles. The van der Waals surface area contributed by atoms with Crippen LogP contribution in [0.5, 0.6) is 17.2 Å². The van der Waals surface area contributed by atoms with Crippen LogP contribution in [0.1, 0.15) is 51.5 Å². The molecule has 3 rings (SSSR count). The third-order valence-corrected chi connectivity index (χ3v) is 6.07. The Morgan fingerprint density at radius 2 is 1.65 bits per heavy atom. The van der Waals surface area contributed by atoms with Gasteiger partial charge in [-0.15, -0.1) is 0 Å². The molecule has 1 aliphatic carbocycles. The minimum Gasteiger partial charge on any atom is -0.493 e. The Bertz CT molecular complexity index is 788. The SMILES string of the molecule is COc1cc(C2CN(C(=O)CC(C)(C)C)CC2C(=O)NCC2CC2)cc(OC)c1OC. The van der Waals surface area contributed by atoms with Gasteiger partial charge in [-0.05, 0) is 41.9 Å². The molecule has 2 aliphatic rings. The van der Waals surface area contributed by atoms with Crippen molar-refractivity contribution in [3.8, 4) is 17.2 Å². The number of hydrogen-bond acceptors (Lipinski definition) is 5. The zero-order valence-corrected chi connectivity index (χ0v) is 19.6. The van der Waals surface area contributed by atoms with E-state index in [0.29, 0.717) is 49.2 Å². The van der Waals surface area contributed by atoms with E-state index in [9.17, 15) is 9.59 Å². The van der Waals surface area contributed by atoms with E-state index in [1.165, 1.54) is 12.8 Å². The lowest BCUT2D eigenvalue weighted by molar-refractivity contribution is -0.132. The fraction of sp³-hybridized carbons (Fsp3) is 0.667. The number of hydrogen-bond donors (Lipinski definition) is 1. The van der Waals surface area contributed by atoms with Crippen LogP contribution >= 0.6 is 0 Å². The monoisotopic (exact) mass is 432 g/mol. The molecule has 1 aromatic rings. The summed E-state index contributed by atoms with van der Waals surface area (Å²) in [6.07, 6.45) is 2.81. The lowest BCUT2D eigenvalue weighted by atomic mass is 9.87. The lowest BCUT2D eigenvalue weighted by Crippen LogP contribution is -2.37. The zero-order valence-electron chi connectivity index (χ0n) is 19.6. The Kier molecular flexibility index (Phi) is 7.02. The summed E-state index contributed by atoms with van der Waals surface area (Å²) in [5.41, 5.74) is 0.804. The van der Waals surface area contributed by atoms with Crippen molar-refractivity contribution in [2.75, 3.05) is 41.0 Å². The average molecular weight is 433 g/mol. The van der Waals surface area contributed by atoms with Gasteiger partial charge in [0.1, 0.15) is 0 Å². The molecule has 1 heterocycles. The van der Waals surface area contributed by atoms with Crippen LogP contribution < -0.4 is 19.5 Å².